The number of sulfonamides is 1. The van der Waals surface area contributed by atoms with Crippen molar-refractivity contribution in [1.29, 1.82) is 0 Å². The minimum absolute atomic E-state index is 0.0213. The van der Waals surface area contributed by atoms with Gasteiger partial charge in [0.1, 0.15) is 0 Å². The Morgan fingerprint density at radius 2 is 1.59 bits per heavy atom. The molecule has 3 aromatic carbocycles. The van der Waals surface area contributed by atoms with E-state index in [1.54, 1.807) is 60.7 Å². The molecule has 0 aliphatic rings. The largest absolute Gasteiger partial charge is 0.494 e. The summed E-state index contributed by atoms with van der Waals surface area (Å²) < 4.78 is 26.8. The number of hydrazone groups is 1. The van der Waals surface area contributed by atoms with Crippen molar-refractivity contribution in [2.24, 2.45) is 5.10 Å². The van der Waals surface area contributed by atoms with Gasteiger partial charge in [0, 0.05) is 15.2 Å². The average molecular weight is 533 g/mol. The molecular weight excluding hydrogens is 518 g/mol. The van der Waals surface area contributed by atoms with Gasteiger partial charge in [0.2, 0.25) is 5.88 Å². The molecule has 32 heavy (non-hydrogen) atoms. The molecule has 1 heterocycles. The third-order valence-corrected chi connectivity index (χ3v) is 6.77. The number of hydrogen-bond acceptors (Lipinski definition) is 5. The molecule has 0 saturated carbocycles. The number of benzene rings is 3. The fraction of sp³-hybridized carbons (Fsp3) is 0. The normalized spacial score (nSPS) is 11.8. The van der Waals surface area contributed by atoms with E-state index in [1.165, 1.54) is 12.1 Å². The molecule has 10 heteroatoms. The van der Waals surface area contributed by atoms with Gasteiger partial charge in [0.15, 0.2) is 0 Å². The molecule has 2 N–H and O–H groups in total. The third kappa shape index (κ3) is 4.14. The van der Waals surface area contributed by atoms with Crippen molar-refractivity contribution >= 4 is 54.5 Å². The van der Waals surface area contributed by atoms with E-state index in [0.717, 1.165) is 15.3 Å². The zero-order chi connectivity index (χ0) is 22.9. The molecule has 7 nitrogen and oxygen atoms in total. The Morgan fingerprint density at radius 3 is 2.28 bits per heavy atom. The summed E-state index contributed by atoms with van der Waals surface area (Å²) in [5.74, 6) is -0.423. The van der Waals surface area contributed by atoms with Gasteiger partial charge in [-0.05, 0) is 42.5 Å². The van der Waals surface area contributed by atoms with Crippen molar-refractivity contribution in [3.05, 3.63) is 98.2 Å². The molecule has 0 aliphatic carbocycles. The van der Waals surface area contributed by atoms with Gasteiger partial charge in [0.05, 0.1) is 27.4 Å². The summed E-state index contributed by atoms with van der Waals surface area (Å²) >= 11 is 9.50. The molecule has 0 bridgehead atoms. The van der Waals surface area contributed by atoms with Crippen molar-refractivity contribution in [1.82, 2.24) is 9.40 Å². The summed E-state index contributed by atoms with van der Waals surface area (Å²) in [5.41, 5.74) is -0.0371. The van der Waals surface area contributed by atoms with Crippen LogP contribution in [0.3, 0.4) is 0 Å². The number of nitrogens with one attached hydrogen (secondary N) is 1. The van der Waals surface area contributed by atoms with Crippen molar-refractivity contribution in [2.45, 2.75) is 4.90 Å². The highest BCUT2D eigenvalue weighted by molar-refractivity contribution is 9.10. The molecule has 0 aliphatic heterocycles. The summed E-state index contributed by atoms with van der Waals surface area (Å²) in [6, 6.07) is 19.2. The molecule has 1 aromatic heterocycles. The van der Waals surface area contributed by atoms with Crippen molar-refractivity contribution in [2.75, 3.05) is 0 Å². The zero-order valence-electron chi connectivity index (χ0n) is 16.2. The van der Waals surface area contributed by atoms with Crippen LogP contribution in [0.15, 0.2) is 92.1 Å². The predicted molar refractivity (Wildman–Crippen MR) is 128 cm³/mol. The number of hydrogen-bond donors (Lipinski definition) is 2. The van der Waals surface area contributed by atoms with E-state index in [-0.39, 0.29) is 21.2 Å². The van der Waals surface area contributed by atoms with E-state index in [1.807, 2.05) is 0 Å². The molecule has 0 unspecified atom stereocenters. The lowest BCUT2D eigenvalue weighted by Gasteiger charge is -2.14. The lowest BCUT2D eigenvalue weighted by Crippen LogP contribution is -2.21. The van der Waals surface area contributed by atoms with Crippen LogP contribution in [0.25, 0.3) is 16.5 Å². The lowest BCUT2D eigenvalue weighted by molar-refractivity contribution is 0.436. The molecule has 162 valence electrons. The Bertz CT molecular complexity index is 1520. The third-order valence-electron chi connectivity index (χ3n) is 4.69. The van der Waals surface area contributed by atoms with Gasteiger partial charge in [-0.3, -0.25) is 4.79 Å². The Kier molecular flexibility index (Phi) is 6.05. The van der Waals surface area contributed by atoms with Gasteiger partial charge in [-0.15, -0.1) is 0 Å². The molecule has 0 radical (unpaired) electrons. The van der Waals surface area contributed by atoms with Gasteiger partial charge >= 0.3 is 0 Å². The molecule has 0 spiro atoms. The highest BCUT2D eigenvalue weighted by Gasteiger charge is 2.18. The van der Waals surface area contributed by atoms with Crippen LogP contribution in [-0.4, -0.2) is 24.3 Å². The first-order chi connectivity index (χ1) is 15.3. The van der Waals surface area contributed by atoms with Crippen LogP contribution in [0.2, 0.25) is 5.02 Å². The topological polar surface area (TPSA) is 101 Å². The molecule has 0 fully saturated rings. The fourth-order valence-electron chi connectivity index (χ4n) is 3.17. The SMILES string of the molecule is O=c1c2ccccc2c(/C=N/NS(=O)(=O)c2ccc(Br)cc2)c(O)n1-c1ccccc1Cl. The predicted octanol–water partition coefficient (Wildman–Crippen LogP) is 4.42. The van der Waals surface area contributed by atoms with Crippen LogP contribution in [0.1, 0.15) is 5.56 Å². The molecule has 0 atom stereocenters. The first-order valence-electron chi connectivity index (χ1n) is 9.21. The maximum absolute atomic E-state index is 13.1. The van der Waals surface area contributed by atoms with E-state index in [2.05, 4.69) is 25.9 Å². The van der Waals surface area contributed by atoms with E-state index in [0.29, 0.717) is 10.8 Å². The van der Waals surface area contributed by atoms with Crippen LogP contribution < -0.4 is 10.4 Å². The highest BCUT2D eigenvalue weighted by atomic mass is 79.9. The molecule has 0 amide bonds. The molecular formula is C22H15BrClN3O4S. The Morgan fingerprint density at radius 1 is 0.969 bits per heavy atom. The average Bonchev–Trinajstić information content (AvgIpc) is 2.77. The quantitative estimate of drug-likeness (QED) is 0.293. The summed E-state index contributed by atoms with van der Waals surface area (Å²) in [6.07, 6.45) is 1.15. The summed E-state index contributed by atoms with van der Waals surface area (Å²) in [4.78, 5) is 15.2. The lowest BCUT2D eigenvalue weighted by atomic mass is 10.1. The molecule has 0 saturated heterocycles. The zero-order valence-corrected chi connectivity index (χ0v) is 19.4. The second-order valence-corrected chi connectivity index (χ2v) is 9.67. The maximum atomic E-state index is 13.1. The van der Waals surface area contributed by atoms with Gasteiger partial charge in [0.25, 0.3) is 15.6 Å². The van der Waals surface area contributed by atoms with Crippen LogP contribution in [-0.2, 0) is 10.0 Å². The smallest absolute Gasteiger partial charge is 0.276 e. The van der Waals surface area contributed by atoms with Gasteiger partial charge in [-0.25, -0.2) is 9.40 Å². The number of halogens is 2. The number of aromatic hydroxyl groups is 1. The number of aromatic nitrogens is 1. The van der Waals surface area contributed by atoms with E-state index in [9.17, 15) is 18.3 Å². The maximum Gasteiger partial charge on any atom is 0.276 e. The molecule has 4 rings (SSSR count). The standard InChI is InChI=1S/C22H15BrClN3O4S/c23-14-9-11-15(12-10-14)32(30,31)26-25-13-18-16-5-1-2-6-17(16)21(28)27(22(18)29)20-8-4-3-7-19(20)24/h1-13,26,29H/b25-13+. The van der Waals surface area contributed by atoms with Crippen molar-refractivity contribution in [3.63, 3.8) is 0 Å². The number of fused-ring (bicyclic) bond motifs is 1. The van der Waals surface area contributed by atoms with Crippen LogP contribution >= 0.6 is 27.5 Å². The van der Waals surface area contributed by atoms with Crippen molar-refractivity contribution in [3.8, 4) is 11.6 Å². The monoisotopic (exact) mass is 531 g/mol. The first-order valence-corrected chi connectivity index (χ1v) is 11.9. The Balaban J connectivity index is 1.83. The first kappa shape index (κ1) is 22.1. The molecule has 4 aromatic rings. The second kappa shape index (κ2) is 8.78. The Labute approximate surface area is 196 Å². The van der Waals surface area contributed by atoms with Crippen LogP contribution in [0.5, 0.6) is 5.88 Å². The van der Waals surface area contributed by atoms with Crippen molar-refractivity contribution < 1.29 is 13.5 Å². The second-order valence-electron chi connectivity index (χ2n) is 6.68. The van der Waals surface area contributed by atoms with Gasteiger partial charge in [-0.1, -0.05) is 57.9 Å². The van der Waals surface area contributed by atoms with Gasteiger partial charge in [-0.2, -0.15) is 13.5 Å². The number of rotatable bonds is 5. The van der Waals surface area contributed by atoms with Crippen LogP contribution in [0.4, 0.5) is 0 Å². The number of nitrogens with zero attached hydrogens (tertiary/aromatic N) is 2. The minimum Gasteiger partial charge on any atom is -0.494 e. The summed E-state index contributed by atoms with van der Waals surface area (Å²) in [5, 5.41) is 15.8. The number of para-hydroxylation sites is 1. The van der Waals surface area contributed by atoms with Crippen LogP contribution in [0, 0.1) is 0 Å². The van der Waals surface area contributed by atoms with Gasteiger partial charge < -0.3 is 5.11 Å². The summed E-state index contributed by atoms with van der Waals surface area (Å²) in [6.45, 7) is 0. The highest BCUT2D eigenvalue weighted by Crippen LogP contribution is 2.28. The fourth-order valence-corrected chi connectivity index (χ4v) is 4.45. The Hall–Kier alpha value is -3.14. The van der Waals surface area contributed by atoms with E-state index in [4.69, 9.17) is 11.6 Å². The minimum atomic E-state index is -3.93. The number of pyridine rings is 1. The van der Waals surface area contributed by atoms with E-state index < -0.39 is 21.5 Å². The summed E-state index contributed by atoms with van der Waals surface area (Å²) in [7, 11) is -3.93. The van der Waals surface area contributed by atoms with E-state index >= 15 is 0 Å².